The number of aromatic carboxylic acids is 1. The van der Waals surface area contributed by atoms with Crippen molar-refractivity contribution < 1.29 is 24.2 Å². The van der Waals surface area contributed by atoms with E-state index in [0.29, 0.717) is 6.61 Å². The van der Waals surface area contributed by atoms with Gasteiger partial charge >= 0.3 is 11.9 Å². The molecule has 1 atom stereocenters. The van der Waals surface area contributed by atoms with E-state index in [0.717, 1.165) is 0 Å². The molecule has 0 fully saturated rings. The quantitative estimate of drug-likeness (QED) is 0.612. The van der Waals surface area contributed by atoms with Gasteiger partial charge in [-0.15, -0.1) is 0 Å². The molecule has 0 aliphatic rings. The Bertz CT molecular complexity index is 493. The number of ether oxygens (including phenoxy) is 2. The molecular weight excluding hydrogens is 260 g/mol. The molecule has 1 unspecified atom stereocenters. The smallest absolute Gasteiger partial charge is 0.339 e. The first-order valence-electron chi connectivity index (χ1n) is 6.21. The summed E-state index contributed by atoms with van der Waals surface area (Å²) in [6, 6.07) is 5.97. The third-order valence-corrected chi connectivity index (χ3v) is 2.65. The minimum Gasteiger partial charge on any atom is -0.478 e. The number of hydrogen-bond acceptors (Lipinski definition) is 4. The van der Waals surface area contributed by atoms with Crippen LogP contribution in [0, 0.1) is 5.92 Å². The summed E-state index contributed by atoms with van der Waals surface area (Å²) in [5, 5.41) is 9.02. The van der Waals surface area contributed by atoms with Crippen LogP contribution in [-0.4, -0.2) is 37.4 Å². The highest BCUT2D eigenvalue weighted by Gasteiger charge is 2.18. The van der Waals surface area contributed by atoms with Crippen molar-refractivity contribution in [1.29, 1.82) is 0 Å². The molecule has 0 aliphatic heterocycles. The van der Waals surface area contributed by atoms with Gasteiger partial charge in [0.05, 0.1) is 17.7 Å². The third-order valence-electron chi connectivity index (χ3n) is 2.65. The van der Waals surface area contributed by atoms with Gasteiger partial charge in [-0.05, 0) is 19.1 Å². The summed E-state index contributed by atoms with van der Waals surface area (Å²) in [5.41, 5.74) is -0.0107. The Morgan fingerprint density at radius 1 is 1.25 bits per heavy atom. The fourth-order valence-corrected chi connectivity index (χ4v) is 1.75. The van der Waals surface area contributed by atoms with Crippen LogP contribution in [0.1, 0.15) is 27.6 Å². The molecule has 1 aromatic carbocycles. The molecule has 0 saturated carbocycles. The van der Waals surface area contributed by atoms with Crippen LogP contribution < -0.4 is 0 Å². The largest absolute Gasteiger partial charge is 0.478 e. The Kier molecular flexibility index (Phi) is 6.46. The minimum absolute atomic E-state index is 0.0501. The summed E-state index contributed by atoms with van der Waals surface area (Å²) in [6.07, 6.45) is 3.72. The lowest BCUT2D eigenvalue weighted by Crippen LogP contribution is -2.18. The summed E-state index contributed by atoms with van der Waals surface area (Å²) < 4.78 is 10.2. The van der Waals surface area contributed by atoms with Crippen molar-refractivity contribution in [2.45, 2.75) is 6.92 Å². The molecule has 1 N–H and O–H groups in total. The lowest BCUT2D eigenvalue weighted by atomic mass is 10.1. The van der Waals surface area contributed by atoms with Crippen LogP contribution in [0.4, 0.5) is 0 Å². The number of hydrogen-bond donors (Lipinski definition) is 1. The Labute approximate surface area is 117 Å². The SMILES string of the molecule is CC=CC(COC)COC(=O)c1ccccc1C(=O)O. The molecule has 0 amide bonds. The number of rotatable bonds is 7. The maximum absolute atomic E-state index is 11.9. The second-order valence-electron chi connectivity index (χ2n) is 4.19. The van der Waals surface area contributed by atoms with Crippen LogP contribution in [-0.2, 0) is 9.47 Å². The summed E-state index contributed by atoms with van der Waals surface area (Å²) in [4.78, 5) is 23.0. The van der Waals surface area contributed by atoms with Crippen LogP contribution in [0.3, 0.4) is 0 Å². The predicted molar refractivity (Wildman–Crippen MR) is 73.9 cm³/mol. The fourth-order valence-electron chi connectivity index (χ4n) is 1.75. The average molecular weight is 278 g/mol. The first kappa shape index (κ1) is 15.9. The minimum atomic E-state index is -1.15. The van der Waals surface area contributed by atoms with Gasteiger partial charge < -0.3 is 14.6 Å². The van der Waals surface area contributed by atoms with Gasteiger partial charge in [-0.1, -0.05) is 24.3 Å². The number of carbonyl (C=O) groups excluding carboxylic acids is 1. The highest BCUT2D eigenvalue weighted by atomic mass is 16.5. The Hall–Kier alpha value is -2.14. The van der Waals surface area contributed by atoms with E-state index in [1.54, 1.807) is 19.2 Å². The summed E-state index contributed by atoms with van der Waals surface area (Å²) >= 11 is 0. The van der Waals surface area contributed by atoms with Gasteiger partial charge in [-0.25, -0.2) is 9.59 Å². The zero-order valence-corrected chi connectivity index (χ0v) is 11.5. The van der Waals surface area contributed by atoms with E-state index in [-0.39, 0.29) is 23.7 Å². The predicted octanol–water partition coefficient (Wildman–Crippen LogP) is 2.38. The van der Waals surface area contributed by atoms with Crippen LogP contribution in [0.25, 0.3) is 0 Å². The van der Waals surface area contributed by atoms with E-state index >= 15 is 0 Å². The highest BCUT2D eigenvalue weighted by Crippen LogP contribution is 2.11. The Balaban J connectivity index is 2.74. The number of methoxy groups -OCH3 is 1. The highest BCUT2D eigenvalue weighted by molar-refractivity contribution is 6.02. The first-order valence-corrected chi connectivity index (χ1v) is 6.21. The van der Waals surface area contributed by atoms with Gasteiger partial charge in [0, 0.05) is 13.0 Å². The Morgan fingerprint density at radius 2 is 1.90 bits per heavy atom. The molecule has 1 rings (SSSR count). The number of carbonyl (C=O) groups is 2. The van der Waals surface area contributed by atoms with Gasteiger partial charge in [-0.2, -0.15) is 0 Å². The molecule has 0 radical (unpaired) electrons. The zero-order chi connectivity index (χ0) is 15.0. The molecule has 0 spiro atoms. The number of carboxylic acid groups (broad SMARTS) is 1. The molecular formula is C15H18O5. The number of carboxylic acids is 1. The molecule has 0 saturated heterocycles. The van der Waals surface area contributed by atoms with Crippen molar-refractivity contribution in [1.82, 2.24) is 0 Å². The van der Waals surface area contributed by atoms with Crippen molar-refractivity contribution in [2.24, 2.45) is 5.92 Å². The van der Waals surface area contributed by atoms with Gasteiger partial charge in [-0.3, -0.25) is 0 Å². The summed E-state index contributed by atoms with van der Waals surface area (Å²) in [7, 11) is 1.57. The van der Waals surface area contributed by atoms with Crippen LogP contribution in [0.15, 0.2) is 36.4 Å². The van der Waals surface area contributed by atoms with Gasteiger partial charge in [0.2, 0.25) is 0 Å². The van der Waals surface area contributed by atoms with E-state index in [4.69, 9.17) is 14.6 Å². The molecule has 20 heavy (non-hydrogen) atoms. The second-order valence-corrected chi connectivity index (χ2v) is 4.19. The van der Waals surface area contributed by atoms with Gasteiger partial charge in [0.25, 0.3) is 0 Å². The summed E-state index contributed by atoms with van der Waals surface area (Å²) in [5.74, 6) is -1.85. The molecule has 0 aliphatic carbocycles. The topological polar surface area (TPSA) is 72.8 Å². The standard InChI is InChI=1S/C15H18O5/c1-3-6-11(9-19-2)10-20-15(18)13-8-5-4-7-12(13)14(16)17/h3-8,11H,9-10H2,1-2H3,(H,16,17). The van der Waals surface area contributed by atoms with Crippen LogP contribution in [0.5, 0.6) is 0 Å². The maximum atomic E-state index is 11.9. The Morgan fingerprint density at radius 3 is 2.45 bits per heavy atom. The van der Waals surface area contributed by atoms with Crippen molar-refractivity contribution in [2.75, 3.05) is 20.3 Å². The van der Waals surface area contributed by atoms with Crippen molar-refractivity contribution in [3.05, 3.63) is 47.5 Å². The van der Waals surface area contributed by atoms with E-state index in [9.17, 15) is 9.59 Å². The summed E-state index contributed by atoms with van der Waals surface area (Å²) in [6.45, 7) is 2.44. The van der Waals surface area contributed by atoms with Crippen molar-refractivity contribution >= 4 is 11.9 Å². The zero-order valence-electron chi connectivity index (χ0n) is 11.5. The third kappa shape index (κ3) is 4.51. The normalized spacial score (nSPS) is 12.3. The van der Waals surface area contributed by atoms with Crippen molar-refractivity contribution in [3.8, 4) is 0 Å². The van der Waals surface area contributed by atoms with Gasteiger partial charge in [0.1, 0.15) is 6.61 Å². The van der Waals surface area contributed by atoms with E-state index < -0.39 is 11.9 Å². The second kappa shape index (κ2) is 8.12. The molecule has 1 aromatic rings. The molecule has 0 heterocycles. The molecule has 108 valence electrons. The average Bonchev–Trinajstić information content (AvgIpc) is 2.45. The lowest BCUT2D eigenvalue weighted by molar-refractivity contribution is 0.0395. The van der Waals surface area contributed by atoms with E-state index in [2.05, 4.69) is 0 Å². The number of benzene rings is 1. The van der Waals surface area contributed by atoms with Crippen LogP contribution >= 0.6 is 0 Å². The molecule has 0 aromatic heterocycles. The van der Waals surface area contributed by atoms with E-state index in [1.807, 2.05) is 19.1 Å². The van der Waals surface area contributed by atoms with Crippen LogP contribution in [0.2, 0.25) is 0 Å². The fraction of sp³-hybridized carbons (Fsp3) is 0.333. The molecule has 5 nitrogen and oxygen atoms in total. The number of esters is 1. The maximum Gasteiger partial charge on any atom is 0.339 e. The van der Waals surface area contributed by atoms with Crippen molar-refractivity contribution in [3.63, 3.8) is 0 Å². The lowest BCUT2D eigenvalue weighted by Gasteiger charge is -2.13. The van der Waals surface area contributed by atoms with Gasteiger partial charge in [0.15, 0.2) is 0 Å². The molecule has 0 bridgehead atoms. The monoisotopic (exact) mass is 278 g/mol. The van der Waals surface area contributed by atoms with E-state index in [1.165, 1.54) is 12.1 Å². The molecule has 5 heteroatoms. The first-order chi connectivity index (χ1) is 9.60. The number of allylic oxidation sites excluding steroid dienone is 1.